The molecule has 4 aliphatic rings. The van der Waals surface area contributed by atoms with E-state index in [2.05, 4.69) is 10.2 Å². The standard InChI is InChI=1S/C31H35FN2O11/c1-28-10-9-20(35)11-19(28)7-8-21-22-12-23(36)31(41,29(22,2)13-24(37)30(21,28)32)25(38)16-44-26(39)14-33-27(40)18-5-3-17(4-6-18)15-45-34(42)43/h3-7,9-10,21-24,36-37,41H,8,11-16H2,1-2H3,(H,33,40)/t21-,22-,23+,24-,28-,29-,30-,31-/m0/s1. The number of ketones is 2. The number of alkyl halides is 1. The van der Waals surface area contributed by atoms with Crippen LogP contribution < -0.4 is 5.32 Å². The maximum Gasteiger partial charge on any atom is 0.325 e. The van der Waals surface area contributed by atoms with Gasteiger partial charge in [0.2, 0.25) is 5.78 Å². The fourth-order valence-electron chi connectivity index (χ4n) is 8.08. The molecule has 2 saturated carbocycles. The van der Waals surface area contributed by atoms with Crippen LogP contribution in [0.2, 0.25) is 0 Å². The highest BCUT2D eigenvalue weighted by atomic mass is 19.1. The van der Waals surface area contributed by atoms with Gasteiger partial charge in [-0.15, -0.1) is 10.1 Å². The lowest BCUT2D eigenvalue weighted by Gasteiger charge is -2.61. The minimum absolute atomic E-state index is 0.0324. The predicted octanol–water partition coefficient (Wildman–Crippen LogP) is 1.31. The summed E-state index contributed by atoms with van der Waals surface area (Å²) in [5, 5.41) is 45.9. The number of allylic oxidation sites excluding steroid dienone is 4. The molecule has 14 heteroatoms. The van der Waals surface area contributed by atoms with Crippen LogP contribution in [-0.4, -0.2) is 80.5 Å². The van der Waals surface area contributed by atoms with Crippen LogP contribution in [0.25, 0.3) is 0 Å². The summed E-state index contributed by atoms with van der Waals surface area (Å²) in [6.07, 6.45) is 0.970. The molecule has 8 atom stereocenters. The number of aliphatic hydroxyl groups excluding tert-OH is 2. The van der Waals surface area contributed by atoms with E-state index in [4.69, 9.17) is 4.74 Å². The average molecular weight is 631 g/mol. The minimum atomic E-state index is -2.46. The third-order valence-electron chi connectivity index (χ3n) is 10.6. The van der Waals surface area contributed by atoms with Gasteiger partial charge in [0.05, 0.1) is 12.2 Å². The van der Waals surface area contributed by atoms with Crippen molar-refractivity contribution in [2.45, 2.75) is 69.6 Å². The van der Waals surface area contributed by atoms with Crippen molar-refractivity contribution in [1.82, 2.24) is 5.32 Å². The molecule has 0 heterocycles. The van der Waals surface area contributed by atoms with Crippen LogP contribution in [0.1, 0.15) is 55.5 Å². The third kappa shape index (κ3) is 5.04. The van der Waals surface area contributed by atoms with Gasteiger partial charge in [0.25, 0.3) is 11.0 Å². The molecule has 0 aliphatic heterocycles. The van der Waals surface area contributed by atoms with E-state index in [0.717, 1.165) is 0 Å². The number of aliphatic hydroxyl groups is 3. The molecule has 0 bridgehead atoms. The van der Waals surface area contributed by atoms with Crippen LogP contribution in [0, 0.1) is 32.8 Å². The monoisotopic (exact) mass is 630 g/mol. The summed E-state index contributed by atoms with van der Waals surface area (Å²) >= 11 is 0. The molecule has 242 valence electrons. The fraction of sp³-hybridized carbons (Fsp3) is 0.548. The summed E-state index contributed by atoms with van der Waals surface area (Å²) in [5.41, 5.74) is -6.30. The number of carbonyl (C=O) groups excluding carboxylic acids is 4. The third-order valence-corrected chi connectivity index (χ3v) is 10.6. The Bertz CT molecular complexity index is 1490. The van der Waals surface area contributed by atoms with E-state index in [1.165, 1.54) is 43.3 Å². The Morgan fingerprint density at radius 1 is 1.13 bits per heavy atom. The van der Waals surface area contributed by atoms with Crippen LogP contribution >= 0.6 is 0 Å². The summed E-state index contributed by atoms with van der Waals surface area (Å²) < 4.78 is 22.2. The summed E-state index contributed by atoms with van der Waals surface area (Å²) in [6, 6.07) is 5.60. The van der Waals surface area contributed by atoms with Gasteiger partial charge >= 0.3 is 5.97 Å². The van der Waals surface area contributed by atoms with Crippen molar-refractivity contribution in [2.24, 2.45) is 22.7 Å². The van der Waals surface area contributed by atoms with Gasteiger partial charge in [0.15, 0.2) is 23.7 Å². The van der Waals surface area contributed by atoms with Crippen molar-refractivity contribution in [2.75, 3.05) is 13.2 Å². The van der Waals surface area contributed by atoms with Crippen molar-refractivity contribution in [3.63, 3.8) is 0 Å². The number of ether oxygens (including phenoxy) is 1. The summed E-state index contributed by atoms with van der Waals surface area (Å²) in [7, 11) is 0. The minimum Gasteiger partial charge on any atom is -0.456 e. The molecular weight excluding hydrogens is 595 g/mol. The number of benzene rings is 1. The molecule has 1 aromatic carbocycles. The first kappa shape index (κ1) is 32.4. The Hall–Kier alpha value is -4.01. The van der Waals surface area contributed by atoms with Crippen molar-refractivity contribution < 1.29 is 53.5 Å². The molecule has 1 amide bonds. The molecule has 0 aromatic heterocycles. The van der Waals surface area contributed by atoms with E-state index in [1.54, 1.807) is 13.0 Å². The number of nitrogens with zero attached hydrogens (tertiary/aromatic N) is 1. The molecular formula is C31H35FN2O11. The maximum atomic E-state index is 17.2. The van der Waals surface area contributed by atoms with Gasteiger partial charge in [0, 0.05) is 28.7 Å². The van der Waals surface area contributed by atoms with Gasteiger partial charge in [-0.3, -0.25) is 19.2 Å². The van der Waals surface area contributed by atoms with Crippen LogP contribution in [0.4, 0.5) is 4.39 Å². The molecule has 0 spiro atoms. The van der Waals surface area contributed by atoms with Crippen molar-refractivity contribution in [1.29, 1.82) is 0 Å². The number of fused-ring (bicyclic) bond motifs is 5. The normalized spacial score (nSPS) is 36.6. The highest BCUT2D eigenvalue weighted by Gasteiger charge is 2.76. The summed E-state index contributed by atoms with van der Waals surface area (Å²) in [4.78, 5) is 64.8. The fourth-order valence-corrected chi connectivity index (χ4v) is 8.08. The van der Waals surface area contributed by atoms with Crippen molar-refractivity contribution in [3.05, 3.63) is 69.3 Å². The zero-order chi connectivity index (χ0) is 32.9. The summed E-state index contributed by atoms with van der Waals surface area (Å²) in [6.45, 7) is 1.27. The molecule has 1 aromatic rings. The lowest BCUT2D eigenvalue weighted by Crippen LogP contribution is -2.69. The van der Waals surface area contributed by atoms with E-state index >= 15 is 4.39 Å². The van der Waals surface area contributed by atoms with E-state index in [-0.39, 0.29) is 43.6 Å². The van der Waals surface area contributed by atoms with E-state index < -0.39 is 82.0 Å². The SMILES string of the molecule is C[C@]12C=CC(=O)CC1=CC[C@H]1[C@@H]3C[C@@H](O)[C@](O)(C(=O)COC(=O)CNC(=O)c4ccc(CO[N+](=O)[O-])cc4)[C@@]3(C)C[C@H](O)[C@@]12F. The Balaban J connectivity index is 1.23. The smallest absolute Gasteiger partial charge is 0.325 e. The maximum absolute atomic E-state index is 17.2. The molecule has 0 radical (unpaired) electrons. The number of rotatable bonds is 9. The second-order valence-corrected chi connectivity index (χ2v) is 12.7. The quantitative estimate of drug-likeness (QED) is 0.133. The number of Topliss-reactive ketones (excluding diaryl/α,β-unsaturated/α-hetero) is 1. The van der Waals surface area contributed by atoms with Crippen molar-refractivity contribution >= 4 is 23.4 Å². The van der Waals surface area contributed by atoms with Crippen LogP contribution in [-0.2, 0) is 30.6 Å². The number of hydrogen-bond acceptors (Lipinski definition) is 11. The highest BCUT2D eigenvalue weighted by molar-refractivity contribution is 5.96. The molecule has 45 heavy (non-hydrogen) atoms. The molecule has 5 rings (SSSR count). The first-order valence-corrected chi connectivity index (χ1v) is 14.6. The number of esters is 1. The lowest BCUT2D eigenvalue weighted by molar-refractivity contribution is -0.763. The number of amides is 1. The van der Waals surface area contributed by atoms with Crippen LogP contribution in [0.15, 0.2) is 48.1 Å². The Labute approximate surface area is 257 Å². The second kappa shape index (κ2) is 11.4. The summed E-state index contributed by atoms with van der Waals surface area (Å²) in [5.74, 6) is -4.48. The van der Waals surface area contributed by atoms with Gasteiger partial charge in [0.1, 0.15) is 13.2 Å². The largest absolute Gasteiger partial charge is 0.456 e. The molecule has 0 unspecified atom stereocenters. The Morgan fingerprint density at radius 2 is 1.82 bits per heavy atom. The molecule has 4 aliphatic carbocycles. The first-order chi connectivity index (χ1) is 21.1. The van der Waals surface area contributed by atoms with Crippen molar-refractivity contribution in [3.8, 4) is 0 Å². The van der Waals surface area contributed by atoms with E-state index in [9.17, 15) is 44.6 Å². The first-order valence-electron chi connectivity index (χ1n) is 14.6. The molecule has 13 nitrogen and oxygen atoms in total. The van der Waals surface area contributed by atoms with E-state index in [0.29, 0.717) is 11.1 Å². The molecule has 0 saturated heterocycles. The number of hydrogen-bond donors (Lipinski definition) is 4. The number of carbonyl (C=O) groups is 4. The zero-order valence-corrected chi connectivity index (χ0v) is 24.7. The van der Waals surface area contributed by atoms with Gasteiger partial charge in [-0.2, -0.15) is 0 Å². The number of halogens is 1. The van der Waals surface area contributed by atoms with E-state index in [1.807, 2.05) is 0 Å². The van der Waals surface area contributed by atoms with Gasteiger partial charge in [-0.1, -0.05) is 36.8 Å². The van der Waals surface area contributed by atoms with Gasteiger partial charge < -0.3 is 30.2 Å². The molecule has 2 fully saturated rings. The Kier molecular flexibility index (Phi) is 8.21. The Morgan fingerprint density at radius 3 is 2.49 bits per heavy atom. The molecule has 4 N–H and O–H groups in total. The predicted molar refractivity (Wildman–Crippen MR) is 151 cm³/mol. The lowest BCUT2D eigenvalue weighted by atomic mass is 9.45. The number of nitrogens with one attached hydrogen (secondary N) is 1. The zero-order valence-electron chi connectivity index (χ0n) is 24.7. The second-order valence-electron chi connectivity index (χ2n) is 12.7. The average Bonchev–Trinajstić information content (AvgIpc) is 3.20. The van der Waals surface area contributed by atoms with Crippen LogP contribution in [0.3, 0.4) is 0 Å². The van der Waals surface area contributed by atoms with Crippen LogP contribution in [0.5, 0.6) is 0 Å². The van der Waals surface area contributed by atoms with Gasteiger partial charge in [-0.05, 0) is 55.9 Å². The highest BCUT2D eigenvalue weighted by Crippen LogP contribution is 2.69. The van der Waals surface area contributed by atoms with Gasteiger partial charge in [-0.25, -0.2) is 4.39 Å². The topological polar surface area (TPSA) is 203 Å².